The number of aliphatic hydroxyl groups is 1. The number of thiophene rings is 1. The Balaban J connectivity index is 1.35. The normalized spacial score (nSPS) is 27.9. The van der Waals surface area contributed by atoms with Crippen LogP contribution >= 0.6 is 11.3 Å². The number of sulfonamides is 1. The van der Waals surface area contributed by atoms with Crippen LogP contribution in [-0.4, -0.2) is 73.7 Å². The van der Waals surface area contributed by atoms with Crippen LogP contribution in [-0.2, 0) is 27.7 Å². The first-order valence-electron chi connectivity index (χ1n) is 10.5. The maximum Gasteiger partial charge on any atom is 0.248 e. The summed E-state index contributed by atoms with van der Waals surface area (Å²) in [7, 11) is -3.90. The third-order valence-electron chi connectivity index (χ3n) is 6.03. The quantitative estimate of drug-likeness (QED) is 0.635. The Morgan fingerprint density at radius 2 is 2.10 bits per heavy atom. The Hall–Kier alpha value is -1.23. The lowest BCUT2D eigenvalue weighted by molar-refractivity contribution is 0.0358. The molecule has 1 aromatic heterocycles. The van der Waals surface area contributed by atoms with E-state index in [0.29, 0.717) is 19.6 Å². The molecule has 0 radical (unpaired) electrons. The number of rotatable bonds is 7. The second-order valence-electron chi connectivity index (χ2n) is 8.04. The Morgan fingerprint density at radius 3 is 2.87 bits per heavy atom. The fourth-order valence-corrected chi connectivity index (χ4v) is 6.97. The molecule has 0 bridgehead atoms. The lowest BCUT2D eigenvalue weighted by atomic mass is 9.99. The van der Waals surface area contributed by atoms with Gasteiger partial charge in [0, 0.05) is 43.5 Å². The minimum atomic E-state index is -3.90. The van der Waals surface area contributed by atoms with E-state index in [1.54, 1.807) is 36.5 Å². The van der Waals surface area contributed by atoms with E-state index < -0.39 is 20.9 Å². The number of morpholine rings is 1. The van der Waals surface area contributed by atoms with Crippen LogP contribution in [0.1, 0.15) is 23.8 Å². The van der Waals surface area contributed by atoms with Crippen LogP contribution in [0.4, 0.5) is 0 Å². The first-order valence-corrected chi connectivity index (χ1v) is 12.8. The Labute approximate surface area is 182 Å². The maximum atomic E-state index is 13.2. The summed E-state index contributed by atoms with van der Waals surface area (Å²) in [4.78, 5) is 1.66. The molecule has 166 valence electrons. The van der Waals surface area contributed by atoms with Crippen LogP contribution in [0.15, 0.2) is 30.4 Å². The molecule has 1 fully saturated rings. The third kappa shape index (κ3) is 4.37. The highest BCUT2D eigenvalue weighted by Crippen LogP contribution is 2.38. The van der Waals surface area contributed by atoms with Crippen molar-refractivity contribution in [1.29, 1.82) is 0 Å². The average molecular weight is 455 g/mol. The molecule has 4 rings (SSSR count). The minimum Gasteiger partial charge on any atom is -0.484 e. The highest BCUT2D eigenvalue weighted by Gasteiger charge is 2.48. The van der Waals surface area contributed by atoms with Gasteiger partial charge >= 0.3 is 0 Å². The van der Waals surface area contributed by atoms with Crippen molar-refractivity contribution >= 4 is 21.4 Å². The van der Waals surface area contributed by atoms with Gasteiger partial charge in [0.25, 0.3) is 0 Å². The molecule has 1 N–H and O–H groups in total. The lowest BCUT2D eigenvalue weighted by Crippen LogP contribution is -2.52. The molecular formula is C21H30N2O5S2. The average Bonchev–Trinajstić information content (AvgIpc) is 3.16. The van der Waals surface area contributed by atoms with E-state index in [1.165, 1.54) is 15.3 Å². The first-order chi connectivity index (χ1) is 14.4. The number of nitrogens with zero attached hydrogens (tertiary/aromatic N) is 2. The molecule has 30 heavy (non-hydrogen) atoms. The predicted octanol–water partition coefficient (Wildman–Crippen LogP) is 1.99. The molecule has 3 heterocycles. The van der Waals surface area contributed by atoms with E-state index in [4.69, 9.17) is 9.47 Å². The number of hydrogen-bond donors (Lipinski definition) is 1. The van der Waals surface area contributed by atoms with Crippen molar-refractivity contribution < 1.29 is 23.0 Å². The van der Waals surface area contributed by atoms with E-state index in [0.717, 1.165) is 49.9 Å². The lowest BCUT2D eigenvalue weighted by Gasteiger charge is -2.37. The van der Waals surface area contributed by atoms with Crippen molar-refractivity contribution in [2.75, 3.05) is 46.0 Å². The van der Waals surface area contributed by atoms with Gasteiger partial charge in [0.1, 0.15) is 0 Å². The summed E-state index contributed by atoms with van der Waals surface area (Å²) in [5.41, 5.74) is 0.976. The molecule has 0 amide bonds. The van der Waals surface area contributed by atoms with Crippen LogP contribution < -0.4 is 4.74 Å². The number of allylic oxidation sites excluding steroid dienone is 2. The molecule has 2 aliphatic heterocycles. The number of hydrogen-bond acceptors (Lipinski definition) is 7. The van der Waals surface area contributed by atoms with Gasteiger partial charge in [-0.25, -0.2) is 8.42 Å². The highest BCUT2D eigenvalue weighted by molar-refractivity contribution is 7.90. The van der Waals surface area contributed by atoms with Crippen molar-refractivity contribution in [2.24, 2.45) is 5.92 Å². The van der Waals surface area contributed by atoms with Gasteiger partial charge in [0.15, 0.2) is 5.06 Å². The standard InChI is InChI=1S/C21H30N2O5S2/c1-17-5-2-3-7-21(17,24)30(25,26)23-9-6-19-18(16-23)15-20(29-19)28-12-4-8-22-10-13-27-14-11-22/h2-3,5,7,15,17,24H,4,6,8-14,16H2,1H3. The smallest absolute Gasteiger partial charge is 0.248 e. The summed E-state index contributed by atoms with van der Waals surface area (Å²) < 4.78 is 39.1. The third-order valence-corrected chi connectivity index (χ3v) is 9.50. The second-order valence-corrected chi connectivity index (χ2v) is 11.3. The molecule has 0 saturated carbocycles. The SMILES string of the molecule is CC1C=CC=CC1(O)S(=O)(=O)N1CCc2sc(OCCCN3CCOCC3)cc2C1. The van der Waals surface area contributed by atoms with E-state index in [1.807, 2.05) is 6.07 Å². The molecule has 2 unspecified atom stereocenters. The molecule has 1 aliphatic carbocycles. The summed E-state index contributed by atoms with van der Waals surface area (Å²) >= 11 is 1.60. The second kappa shape index (κ2) is 9.10. The predicted molar refractivity (Wildman–Crippen MR) is 117 cm³/mol. The Kier molecular flexibility index (Phi) is 6.67. The van der Waals surface area contributed by atoms with Gasteiger partial charge < -0.3 is 14.6 Å². The van der Waals surface area contributed by atoms with Crippen molar-refractivity contribution in [3.8, 4) is 5.06 Å². The molecule has 7 nitrogen and oxygen atoms in total. The van der Waals surface area contributed by atoms with Gasteiger partial charge in [0.05, 0.1) is 19.8 Å². The van der Waals surface area contributed by atoms with Crippen LogP contribution in [0.5, 0.6) is 5.06 Å². The van der Waals surface area contributed by atoms with Crippen LogP contribution in [0, 0.1) is 5.92 Å². The largest absolute Gasteiger partial charge is 0.484 e. The fourth-order valence-electron chi connectivity index (χ4n) is 4.08. The Bertz CT molecular complexity index is 904. The molecule has 3 aliphatic rings. The van der Waals surface area contributed by atoms with Gasteiger partial charge in [-0.05, 0) is 30.5 Å². The zero-order valence-electron chi connectivity index (χ0n) is 17.3. The van der Waals surface area contributed by atoms with E-state index in [-0.39, 0.29) is 6.54 Å². The van der Waals surface area contributed by atoms with Gasteiger partial charge in [-0.3, -0.25) is 4.90 Å². The van der Waals surface area contributed by atoms with Crippen molar-refractivity contribution in [3.63, 3.8) is 0 Å². The monoisotopic (exact) mass is 454 g/mol. The molecule has 0 spiro atoms. The summed E-state index contributed by atoms with van der Waals surface area (Å²) in [5, 5.41) is 11.8. The van der Waals surface area contributed by atoms with E-state index in [9.17, 15) is 13.5 Å². The molecule has 0 aromatic carbocycles. The van der Waals surface area contributed by atoms with Gasteiger partial charge in [-0.1, -0.05) is 25.2 Å². The van der Waals surface area contributed by atoms with Crippen molar-refractivity contribution in [2.45, 2.75) is 31.2 Å². The van der Waals surface area contributed by atoms with Crippen LogP contribution in [0.25, 0.3) is 0 Å². The summed E-state index contributed by atoms with van der Waals surface area (Å²) in [5.74, 6) is -0.498. The zero-order chi connectivity index (χ0) is 21.2. The fraction of sp³-hybridized carbons (Fsp3) is 0.619. The summed E-state index contributed by atoms with van der Waals surface area (Å²) in [6, 6.07) is 1.96. The van der Waals surface area contributed by atoms with E-state index in [2.05, 4.69) is 4.90 Å². The highest BCUT2D eigenvalue weighted by atomic mass is 32.2. The number of fused-ring (bicyclic) bond motifs is 1. The minimum absolute atomic E-state index is 0.276. The van der Waals surface area contributed by atoms with Gasteiger partial charge in [-0.2, -0.15) is 4.31 Å². The topological polar surface area (TPSA) is 79.3 Å². The van der Waals surface area contributed by atoms with E-state index >= 15 is 0 Å². The van der Waals surface area contributed by atoms with Crippen molar-refractivity contribution in [1.82, 2.24) is 9.21 Å². The Morgan fingerprint density at radius 1 is 1.30 bits per heavy atom. The van der Waals surface area contributed by atoms with Crippen molar-refractivity contribution in [3.05, 3.63) is 40.8 Å². The van der Waals surface area contributed by atoms with Crippen LogP contribution in [0.3, 0.4) is 0 Å². The first kappa shape index (κ1) is 22.0. The van der Waals surface area contributed by atoms with Gasteiger partial charge in [0.2, 0.25) is 15.0 Å². The summed E-state index contributed by atoms with van der Waals surface area (Å²) in [6.07, 6.45) is 8.07. The maximum absolute atomic E-state index is 13.2. The molecule has 9 heteroatoms. The molecule has 2 atom stereocenters. The van der Waals surface area contributed by atoms with Crippen LogP contribution in [0.2, 0.25) is 0 Å². The molecular weight excluding hydrogens is 424 g/mol. The zero-order valence-corrected chi connectivity index (χ0v) is 19.0. The number of ether oxygens (including phenoxy) is 2. The molecule has 1 aromatic rings. The summed E-state index contributed by atoms with van der Waals surface area (Å²) in [6.45, 7) is 7.58. The molecule has 1 saturated heterocycles. The van der Waals surface area contributed by atoms with Gasteiger partial charge in [-0.15, -0.1) is 11.3 Å².